The number of benzene rings is 2. The first kappa shape index (κ1) is 11.8. The second-order valence-corrected chi connectivity index (χ2v) is 6.17. The van der Waals surface area contributed by atoms with Gasteiger partial charge in [-0.05, 0) is 27.3 Å². The van der Waals surface area contributed by atoms with Gasteiger partial charge in [0.2, 0.25) is 0 Å². The molecule has 0 radical (unpaired) electrons. The summed E-state index contributed by atoms with van der Waals surface area (Å²) in [5, 5.41) is 15.2. The topological polar surface area (TPSA) is 88.6 Å². The van der Waals surface area contributed by atoms with Crippen molar-refractivity contribution in [1.29, 1.82) is 0 Å². The molecule has 2 aromatic carbocycles. The van der Waals surface area contributed by atoms with Gasteiger partial charge in [-0.3, -0.25) is 0 Å². The number of fused-ring (bicyclic) bond motifs is 1. The van der Waals surface area contributed by atoms with Gasteiger partial charge in [-0.2, -0.15) is 0 Å². The van der Waals surface area contributed by atoms with E-state index in [4.69, 9.17) is 0 Å². The van der Waals surface area contributed by atoms with Crippen molar-refractivity contribution >= 4 is 20.6 Å². The van der Waals surface area contributed by atoms with Crippen LogP contribution in [0.5, 0.6) is 0 Å². The summed E-state index contributed by atoms with van der Waals surface area (Å²) in [7, 11) is -3.37. The number of aromatic amines is 1. The molecule has 6 nitrogen and oxygen atoms in total. The number of sulfone groups is 1. The third kappa shape index (κ3) is 1.97. The van der Waals surface area contributed by atoms with E-state index in [1.165, 1.54) is 6.26 Å². The Morgan fingerprint density at radius 3 is 2.58 bits per heavy atom. The van der Waals surface area contributed by atoms with E-state index in [0.717, 1.165) is 10.8 Å². The van der Waals surface area contributed by atoms with Gasteiger partial charge >= 0.3 is 0 Å². The largest absolute Gasteiger partial charge is 0.239 e. The van der Waals surface area contributed by atoms with Crippen LogP contribution >= 0.6 is 0 Å². The van der Waals surface area contributed by atoms with Gasteiger partial charge in [0.25, 0.3) is 0 Å². The zero-order chi connectivity index (χ0) is 13.5. The first-order valence-corrected chi connectivity index (χ1v) is 7.42. The number of hydrogen-bond donors (Lipinski definition) is 1. The minimum absolute atomic E-state index is 0.213. The van der Waals surface area contributed by atoms with Crippen LogP contribution in [0.15, 0.2) is 41.3 Å². The predicted molar refractivity (Wildman–Crippen MR) is 70.2 cm³/mol. The summed E-state index contributed by atoms with van der Waals surface area (Å²) in [5.41, 5.74) is 0.505. The van der Waals surface area contributed by atoms with Crippen molar-refractivity contribution in [2.45, 2.75) is 4.90 Å². The molecule has 0 aliphatic rings. The van der Waals surface area contributed by atoms with Crippen molar-refractivity contribution in [2.75, 3.05) is 6.26 Å². The lowest BCUT2D eigenvalue weighted by Crippen LogP contribution is -2.01. The van der Waals surface area contributed by atoms with Crippen molar-refractivity contribution < 1.29 is 8.42 Å². The molecule has 0 atom stereocenters. The van der Waals surface area contributed by atoms with Crippen LogP contribution in [0.4, 0.5) is 0 Å². The molecule has 19 heavy (non-hydrogen) atoms. The van der Waals surface area contributed by atoms with Crippen molar-refractivity contribution in [3.8, 4) is 11.4 Å². The Balaban J connectivity index is 2.49. The predicted octanol–water partition coefficient (Wildman–Crippen LogP) is 1.42. The molecule has 3 rings (SSSR count). The SMILES string of the molecule is CS(=O)(=O)c1ccc2ccccc2c1-c1nnn[nH]1. The van der Waals surface area contributed by atoms with Gasteiger partial charge in [0.15, 0.2) is 15.7 Å². The highest BCUT2D eigenvalue weighted by Gasteiger charge is 2.19. The second-order valence-electron chi connectivity index (χ2n) is 4.18. The first-order valence-electron chi connectivity index (χ1n) is 5.53. The second kappa shape index (κ2) is 4.13. The standard InChI is InChI=1S/C12H10N4O2S/c1-19(17,18)10-7-6-8-4-2-3-5-9(8)11(10)12-13-15-16-14-12/h2-7H,1H3,(H,13,14,15,16). The fourth-order valence-corrected chi connectivity index (χ4v) is 2.96. The fourth-order valence-electron chi connectivity index (χ4n) is 2.07. The summed E-state index contributed by atoms with van der Waals surface area (Å²) in [6.45, 7) is 0. The number of aromatic nitrogens is 4. The Labute approximate surface area is 109 Å². The molecule has 96 valence electrons. The summed E-state index contributed by atoms with van der Waals surface area (Å²) >= 11 is 0. The summed E-state index contributed by atoms with van der Waals surface area (Å²) in [5.74, 6) is 0.345. The minimum atomic E-state index is -3.37. The van der Waals surface area contributed by atoms with Crippen LogP contribution in [0.2, 0.25) is 0 Å². The number of nitrogens with one attached hydrogen (secondary N) is 1. The van der Waals surface area contributed by atoms with Crippen LogP contribution < -0.4 is 0 Å². The van der Waals surface area contributed by atoms with Crippen LogP contribution in [0.1, 0.15) is 0 Å². The smallest absolute Gasteiger partial charge is 0.181 e. The molecule has 0 amide bonds. The van der Waals surface area contributed by atoms with Gasteiger partial charge in [-0.25, -0.2) is 13.5 Å². The van der Waals surface area contributed by atoms with E-state index in [-0.39, 0.29) is 4.90 Å². The highest BCUT2D eigenvalue weighted by Crippen LogP contribution is 2.32. The normalized spacial score (nSPS) is 11.8. The first-order chi connectivity index (χ1) is 9.07. The van der Waals surface area contributed by atoms with E-state index in [1.807, 2.05) is 24.3 Å². The van der Waals surface area contributed by atoms with E-state index in [2.05, 4.69) is 20.6 Å². The van der Waals surface area contributed by atoms with Gasteiger partial charge in [0.05, 0.1) is 4.90 Å². The summed E-state index contributed by atoms with van der Waals surface area (Å²) in [6, 6.07) is 10.9. The van der Waals surface area contributed by atoms with E-state index < -0.39 is 9.84 Å². The van der Waals surface area contributed by atoms with Gasteiger partial charge in [0, 0.05) is 11.8 Å². The number of nitrogens with zero attached hydrogens (tertiary/aromatic N) is 3. The Morgan fingerprint density at radius 1 is 1.11 bits per heavy atom. The molecular formula is C12H10N4O2S. The lowest BCUT2D eigenvalue weighted by molar-refractivity contribution is 0.602. The lowest BCUT2D eigenvalue weighted by atomic mass is 10.0. The summed E-state index contributed by atoms with van der Waals surface area (Å²) in [6.07, 6.45) is 1.17. The molecule has 1 aromatic heterocycles. The van der Waals surface area contributed by atoms with E-state index >= 15 is 0 Å². The molecule has 0 spiro atoms. The highest BCUT2D eigenvalue weighted by molar-refractivity contribution is 7.90. The molecule has 0 fully saturated rings. The van der Waals surface area contributed by atoms with Crippen molar-refractivity contribution in [1.82, 2.24) is 20.6 Å². The lowest BCUT2D eigenvalue weighted by Gasteiger charge is -2.08. The quantitative estimate of drug-likeness (QED) is 0.763. The van der Waals surface area contributed by atoms with Crippen LogP contribution in [0.3, 0.4) is 0 Å². The third-order valence-electron chi connectivity index (χ3n) is 2.87. The highest BCUT2D eigenvalue weighted by atomic mass is 32.2. The molecule has 3 aromatic rings. The van der Waals surface area contributed by atoms with E-state index in [1.54, 1.807) is 12.1 Å². The fraction of sp³-hybridized carbons (Fsp3) is 0.0833. The maximum Gasteiger partial charge on any atom is 0.181 e. The Hall–Kier alpha value is -2.28. The zero-order valence-electron chi connectivity index (χ0n) is 10.0. The Morgan fingerprint density at radius 2 is 1.89 bits per heavy atom. The Bertz CT molecular complexity index is 841. The monoisotopic (exact) mass is 274 g/mol. The molecule has 1 N–H and O–H groups in total. The number of hydrogen-bond acceptors (Lipinski definition) is 5. The van der Waals surface area contributed by atoms with Crippen LogP contribution in [0.25, 0.3) is 22.2 Å². The van der Waals surface area contributed by atoms with Crippen LogP contribution in [0, 0.1) is 0 Å². The van der Waals surface area contributed by atoms with Crippen LogP contribution in [-0.4, -0.2) is 35.3 Å². The summed E-state index contributed by atoms with van der Waals surface area (Å²) in [4.78, 5) is 0.213. The van der Waals surface area contributed by atoms with Gasteiger partial charge in [-0.1, -0.05) is 30.3 Å². The Kier molecular flexibility index (Phi) is 2.56. The average molecular weight is 274 g/mol. The van der Waals surface area contributed by atoms with Crippen molar-refractivity contribution in [3.05, 3.63) is 36.4 Å². The van der Waals surface area contributed by atoms with Crippen molar-refractivity contribution in [2.24, 2.45) is 0 Å². The zero-order valence-corrected chi connectivity index (χ0v) is 10.8. The van der Waals surface area contributed by atoms with Crippen molar-refractivity contribution in [3.63, 3.8) is 0 Å². The van der Waals surface area contributed by atoms with E-state index in [9.17, 15) is 8.42 Å². The third-order valence-corrected chi connectivity index (χ3v) is 4.01. The summed E-state index contributed by atoms with van der Waals surface area (Å²) < 4.78 is 23.8. The molecule has 0 saturated heterocycles. The molecule has 0 saturated carbocycles. The average Bonchev–Trinajstić information content (AvgIpc) is 2.89. The molecular weight excluding hydrogens is 264 g/mol. The van der Waals surface area contributed by atoms with Crippen LogP contribution in [-0.2, 0) is 9.84 Å². The maximum absolute atomic E-state index is 11.9. The molecule has 0 aliphatic heterocycles. The van der Waals surface area contributed by atoms with Gasteiger partial charge < -0.3 is 0 Å². The van der Waals surface area contributed by atoms with E-state index in [0.29, 0.717) is 11.4 Å². The molecule has 0 unspecified atom stereocenters. The molecule has 7 heteroatoms. The minimum Gasteiger partial charge on any atom is -0.239 e. The molecule has 1 heterocycles. The molecule has 0 bridgehead atoms. The number of rotatable bonds is 2. The molecule has 0 aliphatic carbocycles. The number of tetrazole rings is 1. The number of H-pyrrole nitrogens is 1. The van der Waals surface area contributed by atoms with Gasteiger partial charge in [-0.15, -0.1) is 5.10 Å². The van der Waals surface area contributed by atoms with Gasteiger partial charge in [0.1, 0.15) is 0 Å². The maximum atomic E-state index is 11.9.